The molecule has 2 amide bonds. The number of carbonyl (C=O) groups is 2. The molecular weight excluding hydrogens is 300 g/mol. The number of aliphatic carboxylic acids is 1. The number of hydrogen-bond acceptors (Lipinski definition) is 2. The predicted molar refractivity (Wildman–Crippen MR) is 71.5 cm³/mol. The molecule has 0 saturated carbocycles. The van der Waals surface area contributed by atoms with Gasteiger partial charge in [0, 0.05) is 17.6 Å². The highest BCUT2D eigenvalue weighted by molar-refractivity contribution is 9.10. The van der Waals surface area contributed by atoms with Crippen LogP contribution in [0.1, 0.15) is 12.0 Å². The van der Waals surface area contributed by atoms with E-state index in [9.17, 15) is 9.59 Å². The van der Waals surface area contributed by atoms with Crippen molar-refractivity contribution in [3.63, 3.8) is 0 Å². The quantitative estimate of drug-likeness (QED) is 0.748. The number of carboxylic acids is 1. The van der Waals surface area contributed by atoms with Crippen molar-refractivity contribution in [3.05, 3.63) is 34.3 Å². The van der Waals surface area contributed by atoms with Crippen molar-refractivity contribution < 1.29 is 14.7 Å². The van der Waals surface area contributed by atoms with Crippen LogP contribution in [0.15, 0.2) is 28.7 Å². The number of carbonyl (C=O) groups excluding carboxylic acids is 1. The maximum atomic E-state index is 11.3. The molecule has 0 fully saturated rings. The van der Waals surface area contributed by atoms with Gasteiger partial charge in [0.1, 0.15) is 0 Å². The highest BCUT2D eigenvalue weighted by atomic mass is 79.9. The maximum absolute atomic E-state index is 11.3. The summed E-state index contributed by atoms with van der Waals surface area (Å²) in [6.45, 7) is 0.637. The summed E-state index contributed by atoms with van der Waals surface area (Å²) in [6, 6.07) is 7.45. The lowest BCUT2D eigenvalue weighted by molar-refractivity contribution is -0.136. The lowest BCUT2D eigenvalue weighted by Gasteiger charge is -2.07. The zero-order valence-corrected chi connectivity index (χ0v) is 11.4. The standard InChI is InChI=1S/C12H15BrN2O3/c13-10-4-2-1-3-9(10)5-7-14-12(18)15-8-6-11(16)17/h1-4H,5-8H2,(H,16,17)(H2,14,15,18). The highest BCUT2D eigenvalue weighted by Gasteiger charge is 2.02. The van der Waals surface area contributed by atoms with Gasteiger partial charge < -0.3 is 15.7 Å². The Hall–Kier alpha value is -1.56. The van der Waals surface area contributed by atoms with Crippen molar-refractivity contribution in [1.29, 1.82) is 0 Å². The van der Waals surface area contributed by atoms with Crippen LogP contribution in [0.5, 0.6) is 0 Å². The Balaban J connectivity index is 2.20. The van der Waals surface area contributed by atoms with Gasteiger partial charge in [-0.15, -0.1) is 0 Å². The van der Waals surface area contributed by atoms with Crippen molar-refractivity contribution in [3.8, 4) is 0 Å². The number of urea groups is 1. The van der Waals surface area contributed by atoms with E-state index in [2.05, 4.69) is 26.6 Å². The molecule has 5 nitrogen and oxygen atoms in total. The molecule has 0 heterocycles. The minimum atomic E-state index is -0.927. The molecular formula is C12H15BrN2O3. The molecule has 98 valence electrons. The summed E-state index contributed by atoms with van der Waals surface area (Å²) in [6.07, 6.45) is 0.644. The fourth-order valence-electron chi connectivity index (χ4n) is 1.36. The Morgan fingerprint density at radius 2 is 1.83 bits per heavy atom. The van der Waals surface area contributed by atoms with Crippen molar-refractivity contribution in [2.24, 2.45) is 0 Å². The van der Waals surface area contributed by atoms with Gasteiger partial charge in [0.15, 0.2) is 0 Å². The number of carboxylic acid groups (broad SMARTS) is 1. The van der Waals surface area contributed by atoms with E-state index in [4.69, 9.17) is 5.11 Å². The van der Waals surface area contributed by atoms with E-state index in [1.807, 2.05) is 24.3 Å². The summed E-state index contributed by atoms with van der Waals surface area (Å²) in [7, 11) is 0. The second-order valence-corrected chi connectivity index (χ2v) is 4.52. The molecule has 0 aliphatic heterocycles. The summed E-state index contributed by atoms with van der Waals surface area (Å²) >= 11 is 3.43. The summed E-state index contributed by atoms with van der Waals surface area (Å²) in [5.41, 5.74) is 1.11. The zero-order chi connectivity index (χ0) is 13.4. The van der Waals surface area contributed by atoms with Crippen LogP contribution >= 0.6 is 15.9 Å². The normalized spacial score (nSPS) is 9.83. The second-order valence-electron chi connectivity index (χ2n) is 3.67. The van der Waals surface area contributed by atoms with Crippen LogP contribution in [0.25, 0.3) is 0 Å². The first-order valence-electron chi connectivity index (χ1n) is 5.56. The minimum absolute atomic E-state index is 0.0718. The average Bonchev–Trinajstić information content (AvgIpc) is 2.31. The van der Waals surface area contributed by atoms with Gasteiger partial charge in [-0.25, -0.2) is 4.79 Å². The molecule has 0 unspecified atom stereocenters. The molecule has 1 rings (SSSR count). The fourth-order valence-corrected chi connectivity index (χ4v) is 1.84. The third-order valence-corrected chi connectivity index (χ3v) is 3.04. The second kappa shape index (κ2) is 7.71. The van der Waals surface area contributed by atoms with E-state index < -0.39 is 5.97 Å². The number of benzene rings is 1. The Morgan fingerprint density at radius 3 is 2.50 bits per heavy atom. The summed E-state index contributed by atoms with van der Waals surface area (Å²) in [5.74, 6) is -0.927. The van der Waals surface area contributed by atoms with Gasteiger partial charge in [-0.2, -0.15) is 0 Å². The Labute approximate surface area is 114 Å². The molecule has 1 aromatic rings. The number of halogens is 1. The third-order valence-electron chi connectivity index (χ3n) is 2.26. The molecule has 0 aromatic heterocycles. The molecule has 6 heteroatoms. The van der Waals surface area contributed by atoms with Crippen LogP contribution in [0, 0.1) is 0 Å². The summed E-state index contributed by atoms with van der Waals surface area (Å²) < 4.78 is 1.01. The van der Waals surface area contributed by atoms with Crippen LogP contribution < -0.4 is 10.6 Å². The number of amides is 2. The average molecular weight is 315 g/mol. The van der Waals surface area contributed by atoms with E-state index in [0.717, 1.165) is 10.0 Å². The SMILES string of the molecule is O=C(O)CCNC(=O)NCCc1ccccc1Br. The van der Waals surface area contributed by atoms with Crippen LogP contribution in [-0.4, -0.2) is 30.2 Å². The van der Waals surface area contributed by atoms with Crippen LogP contribution in [0.3, 0.4) is 0 Å². The first-order chi connectivity index (χ1) is 8.59. The van der Waals surface area contributed by atoms with Gasteiger partial charge in [-0.05, 0) is 18.1 Å². The van der Waals surface area contributed by atoms with E-state index in [0.29, 0.717) is 13.0 Å². The van der Waals surface area contributed by atoms with Gasteiger partial charge >= 0.3 is 12.0 Å². The maximum Gasteiger partial charge on any atom is 0.314 e. The van der Waals surface area contributed by atoms with Gasteiger partial charge in [0.25, 0.3) is 0 Å². The Kier molecular flexibility index (Phi) is 6.21. The van der Waals surface area contributed by atoms with E-state index in [1.165, 1.54) is 0 Å². The van der Waals surface area contributed by atoms with E-state index >= 15 is 0 Å². The van der Waals surface area contributed by atoms with E-state index in [-0.39, 0.29) is 19.0 Å². The minimum Gasteiger partial charge on any atom is -0.481 e. The van der Waals surface area contributed by atoms with Gasteiger partial charge in [0.2, 0.25) is 0 Å². The van der Waals surface area contributed by atoms with Crippen molar-refractivity contribution >= 4 is 27.9 Å². The highest BCUT2D eigenvalue weighted by Crippen LogP contribution is 2.15. The van der Waals surface area contributed by atoms with E-state index in [1.54, 1.807) is 0 Å². The Morgan fingerprint density at radius 1 is 1.17 bits per heavy atom. The molecule has 0 bridgehead atoms. The zero-order valence-electron chi connectivity index (χ0n) is 9.78. The van der Waals surface area contributed by atoms with Gasteiger partial charge in [0.05, 0.1) is 6.42 Å². The van der Waals surface area contributed by atoms with Crippen LogP contribution in [-0.2, 0) is 11.2 Å². The summed E-state index contributed by atoms with van der Waals surface area (Å²) in [4.78, 5) is 21.5. The monoisotopic (exact) mass is 314 g/mol. The third kappa shape index (κ3) is 5.67. The molecule has 0 aliphatic carbocycles. The molecule has 0 saturated heterocycles. The molecule has 0 spiro atoms. The predicted octanol–water partition coefficient (Wildman–Crippen LogP) is 1.77. The Bertz CT molecular complexity index is 424. The van der Waals surface area contributed by atoms with Gasteiger partial charge in [-0.1, -0.05) is 34.1 Å². The molecule has 3 N–H and O–H groups in total. The largest absolute Gasteiger partial charge is 0.481 e. The smallest absolute Gasteiger partial charge is 0.314 e. The number of hydrogen-bond donors (Lipinski definition) is 3. The van der Waals surface area contributed by atoms with Gasteiger partial charge in [-0.3, -0.25) is 4.79 Å². The summed E-state index contributed by atoms with van der Waals surface area (Å²) in [5, 5.41) is 13.5. The molecule has 18 heavy (non-hydrogen) atoms. The van der Waals surface area contributed by atoms with Crippen molar-refractivity contribution in [2.75, 3.05) is 13.1 Å². The van der Waals surface area contributed by atoms with Crippen LogP contribution in [0.4, 0.5) is 4.79 Å². The van der Waals surface area contributed by atoms with Crippen molar-refractivity contribution in [2.45, 2.75) is 12.8 Å². The first kappa shape index (κ1) is 14.5. The lowest BCUT2D eigenvalue weighted by Crippen LogP contribution is -2.37. The molecule has 1 aromatic carbocycles. The molecule has 0 radical (unpaired) electrons. The van der Waals surface area contributed by atoms with Crippen LogP contribution in [0.2, 0.25) is 0 Å². The van der Waals surface area contributed by atoms with Crippen molar-refractivity contribution in [1.82, 2.24) is 10.6 Å². The fraction of sp³-hybridized carbons (Fsp3) is 0.333. The topological polar surface area (TPSA) is 78.4 Å². The number of rotatable bonds is 6. The molecule has 0 aliphatic rings. The first-order valence-corrected chi connectivity index (χ1v) is 6.36. The number of nitrogens with one attached hydrogen (secondary N) is 2. The lowest BCUT2D eigenvalue weighted by atomic mass is 10.1. The molecule has 0 atom stereocenters.